The summed E-state index contributed by atoms with van der Waals surface area (Å²) in [6.07, 6.45) is 6.49. The van der Waals surface area contributed by atoms with Gasteiger partial charge in [-0.2, -0.15) is 9.37 Å². The summed E-state index contributed by atoms with van der Waals surface area (Å²) in [6, 6.07) is 17.8. The number of amides is 1. The molecule has 0 saturated carbocycles. The lowest BCUT2D eigenvalue weighted by Crippen LogP contribution is -2.41. The van der Waals surface area contributed by atoms with Gasteiger partial charge in [-0.15, -0.1) is 6.42 Å². The van der Waals surface area contributed by atoms with Crippen LogP contribution in [0.4, 0.5) is 10.1 Å². The summed E-state index contributed by atoms with van der Waals surface area (Å²) in [7, 11) is 0. The fraction of sp³-hybridized carbons (Fsp3) is 0.0769. The SMILES string of the molecule is C#CCNC(=O)c1c[nH]/c(=N\c2ccc(Oc3cccc(F)n3)cc2)n(Cc2ccc(Cl)cc2)c1=O. The zero-order chi connectivity index (χ0) is 25.5. The summed E-state index contributed by atoms with van der Waals surface area (Å²) >= 11 is 5.98. The topological polar surface area (TPSA) is 101 Å². The van der Waals surface area contributed by atoms with E-state index in [1.807, 2.05) is 0 Å². The number of hydrogen-bond donors (Lipinski definition) is 2. The molecule has 0 fully saturated rings. The number of ether oxygens (including phenoxy) is 1. The first kappa shape index (κ1) is 24.4. The third kappa shape index (κ3) is 6.05. The van der Waals surface area contributed by atoms with E-state index in [0.29, 0.717) is 16.5 Å². The van der Waals surface area contributed by atoms with Crippen molar-refractivity contribution in [1.82, 2.24) is 19.9 Å². The molecule has 0 bridgehead atoms. The Kier molecular flexibility index (Phi) is 7.58. The average Bonchev–Trinajstić information content (AvgIpc) is 2.87. The van der Waals surface area contributed by atoms with Gasteiger partial charge in [0.2, 0.25) is 17.4 Å². The molecule has 2 N–H and O–H groups in total. The fourth-order valence-corrected chi connectivity index (χ4v) is 3.32. The number of hydrogen-bond acceptors (Lipinski definition) is 5. The Bertz CT molecular complexity index is 1550. The number of pyridine rings is 1. The van der Waals surface area contributed by atoms with Gasteiger partial charge in [0, 0.05) is 17.3 Å². The number of halogens is 2. The minimum absolute atomic E-state index is 0.0128. The van der Waals surface area contributed by atoms with Crippen LogP contribution in [0.3, 0.4) is 0 Å². The highest BCUT2D eigenvalue weighted by molar-refractivity contribution is 6.30. The standard InChI is InChI=1S/C26H19ClFN5O3/c1-2-14-29-24(34)21-15-30-26(33(25(21)35)16-17-6-8-18(27)9-7-17)31-19-10-12-20(13-11-19)36-23-5-3-4-22(28)32-23/h1,3-13,15H,14,16H2,(H,29,34)(H,30,31). The first-order valence-electron chi connectivity index (χ1n) is 10.7. The molecule has 2 heterocycles. The molecule has 4 aromatic rings. The van der Waals surface area contributed by atoms with E-state index in [1.54, 1.807) is 48.5 Å². The van der Waals surface area contributed by atoms with Gasteiger partial charge >= 0.3 is 0 Å². The van der Waals surface area contributed by atoms with Crippen molar-refractivity contribution in [3.63, 3.8) is 0 Å². The van der Waals surface area contributed by atoms with E-state index in [0.717, 1.165) is 5.56 Å². The van der Waals surface area contributed by atoms with Crippen LogP contribution in [0.15, 0.2) is 82.7 Å². The lowest BCUT2D eigenvalue weighted by Gasteiger charge is -2.10. The molecular weight excluding hydrogens is 485 g/mol. The number of rotatable bonds is 7. The zero-order valence-electron chi connectivity index (χ0n) is 18.7. The Morgan fingerprint density at radius 2 is 1.92 bits per heavy atom. The molecule has 0 aliphatic rings. The number of carbonyl (C=O) groups is 1. The van der Waals surface area contributed by atoms with Crippen molar-refractivity contribution in [3.05, 3.63) is 111 Å². The Morgan fingerprint density at radius 3 is 2.61 bits per heavy atom. The molecule has 10 heteroatoms. The number of carbonyl (C=O) groups excluding carboxylic acids is 1. The van der Waals surface area contributed by atoms with Crippen LogP contribution in [0, 0.1) is 18.3 Å². The number of nitrogens with zero attached hydrogens (tertiary/aromatic N) is 3. The molecule has 2 aromatic carbocycles. The van der Waals surface area contributed by atoms with Gasteiger partial charge in [0.05, 0.1) is 18.8 Å². The number of H-pyrrole nitrogens is 1. The van der Waals surface area contributed by atoms with Gasteiger partial charge in [-0.1, -0.05) is 35.7 Å². The van der Waals surface area contributed by atoms with Crippen LogP contribution < -0.4 is 21.2 Å². The van der Waals surface area contributed by atoms with Gasteiger partial charge in [0.15, 0.2) is 0 Å². The van der Waals surface area contributed by atoms with Crippen LogP contribution in [0.25, 0.3) is 0 Å². The van der Waals surface area contributed by atoms with E-state index in [4.69, 9.17) is 22.8 Å². The molecule has 0 saturated heterocycles. The molecule has 0 aliphatic carbocycles. The summed E-state index contributed by atoms with van der Waals surface area (Å²) < 4.78 is 20.2. The van der Waals surface area contributed by atoms with Crippen LogP contribution in [0.5, 0.6) is 11.6 Å². The van der Waals surface area contributed by atoms with Gasteiger partial charge < -0.3 is 15.0 Å². The Labute approximate surface area is 210 Å². The lowest BCUT2D eigenvalue weighted by molar-refractivity contribution is 0.0956. The molecule has 0 radical (unpaired) electrons. The molecule has 0 aliphatic heterocycles. The molecule has 0 spiro atoms. The van der Waals surface area contributed by atoms with Crippen LogP contribution in [-0.4, -0.2) is 27.0 Å². The molecule has 4 rings (SSSR count). The summed E-state index contributed by atoms with van der Waals surface area (Å²) in [5.41, 5.74) is 0.834. The number of nitrogens with one attached hydrogen (secondary N) is 2. The number of benzene rings is 2. The van der Waals surface area contributed by atoms with E-state index in [9.17, 15) is 14.0 Å². The van der Waals surface area contributed by atoms with Crippen molar-refractivity contribution in [3.8, 4) is 24.0 Å². The Hall–Kier alpha value is -4.68. The predicted octanol–water partition coefficient (Wildman–Crippen LogP) is 3.80. The zero-order valence-corrected chi connectivity index (χ0v) is 19.5. The van der Waals surface area contributed by atoms with Gasteiger partial charge in [-0.25, -0.2) is 4.99 Å². The van der Waals surface area contributed by atoms with Crippen molar-refractivity contribution in [2.75, 3.05) is 6.54 Å². The normalized spacial score (nSPS) is 11.1. The molecular formula is C26H19ClFN5O3. The fourth-order valence-electron chi connectivity index (χ4n) is 3.20. The van der Waals surface area contributed by atoms with Crippen molar-refractivity contribution < 1.29 is 13.9 Å². The van der Waals surface area contributed by atoms with Crippen LogP contribution in [0.2, 0.25) is 5.02 Å². The average molecular weight is 504 g/mol. The minimum atomic E-state index is -0.648. The van der Waals surface area contributed by atoms with Crippen molar-refractivity contribution in [2.45, 2.75) is 6.54 Å². The van der Waals surface area contributed by atoms with Crippen LogP contribution >= 0.6 is 11.6 Å². The van der Waals surface area contributed by atoms with Crippen molar-refractivity contribution >= 4 is 23.2 Å². The van der Waals surface area contributed by atoms with Gasteiger partial charge in [0.1, 0.15) is 11.3 Å². The largest absolute Gasteiger partial charge is 0.439 e. The van der Waals surface area contributed by atoms with E-state index in [-0.39, 0.29) is 30.2 Å². The highest BCUT2D eigenvalue weighted by Gasteiger charge is 2.14. The Morgan fingerprint density at radius 1 is 1.17 bits per heavy atom. The quantitative estimate of drug-likeness (QED) is 0.296. The monoisotopic (exact) mass is 503 g/mol. The molecule has 36 heavy (non-hydrogen) atoms. The summed E-state index contributed by atoms with van der Waals surface area (Å²) in [5.74, 6) is 1.59. The van der Waals surface area contributed by atoms with E-state index < -0.39 is 17.4 Å². The van der Waals surface area contributed by atoms with E-state index >= 15 is 0 Å². The maximum absolute atomic E-state index is 13.3. The minimum Gasteiger partial charge on any atom is -0.439 e. The number of terminal acetylenes is 1. The molecule has 0 atom stereocenters. The van der Waals surface area contributed by atoms with E-state index in [2.05, 4.69) is 26.2 Å². The molecule has 1 amide bonds. The second kappa shape index (κ2) is 11.2. The van der Waals surface area contributed by atoms with Crippen molar-refractivity contribution in [1.29, 1.82) is 0 Å². The second-order valence-electron chi connectivity index (χ2n) is 7.44. The maximum atomic E-state index is 13.3. The van der Waals surface area contributed by atoms with Gasteiger partial charge in [-0.05, 0) is 48.0 Å². The summed E-state index contributed by atoms with van der Waals surface area (Å²) in [4.78, 5) is 36.8. The van der Waals surface area contributed by atoms with E-state index in [1.165, 1.54) is 29.0 Å². The first-order valence-corrected chi connectivity index (χ1v) is 11.0. The number of aromatic nitrogens is 3. The van der Waals surface area contributed by atoms with Crippen molar-refractivity contribution in [2.24, 2.45) is 4.99 Å². The predicted molar refractivity (Wildman–Crippen MR) is 133 cm³/mol. The van der Waals surface area contributed by atoms with Crippen LogP contribution in [0.1, 0.15) is 15.9 Å². The molecule has 180 valence electrons. The first-order chi connectivity index (χ1) is 17.4. The van der Waals surface area contributed by atoms with Gasteiger partial charge in [-0.3, -0.25) is 14.2 Å². The Balaban J connectivity index is 1.69. The second-order valence-corrected chi connectivity index (χ2v) is 7.87. The number of aromatic amines is 1. The van der Waals surface area contributed by atoms with Gasteiger partial charge in [0.25, 0.3) is 11.5 Å². The summed E-state index contributed by atoms with van der Waals surface area (Å²) in [5, 5.41) is 3.04. The highest BCUT2D eigenvalue weighted by atomic mass is 35.5. The maximum Gasteiger partial charge on any atom is 0.267 e. The third-order valence-corrected chi connectivity index (χ3v) is 5.16. The highest BCUT2D eigenvalue weighted by Crippen LogP contribution is 2.22. The summed E-state index contributed by atoms with van der Waals surface area (Å²) in [6.45, 7) is 0.120. The molecule has 8 nitrogen and oxygen atoms in total. The smallest absolute Gasteiger partial charge is 0.267 e. The molecule has 0 unspecified atom stereocenters. The molecule has 2 aromatic heterocycles. The van der Waals surface area contributed by atoms with Crippen LogP contribution in [-0.2, 0) is 6.54 Å². The lowest BCUT2D eigenvalue weighted by atomic mass is 10.2. The third-order valence-electron chi connectivity index (χ3n) is 4.91.